The van der Waals surface area contributed by atoms with Crippen LogP contribution in [-0.2, 0) is 6.54 Å². The van der Waals surface area contributed by atoms with E-state index in [9.17, 15) is 0 Å². The third-order valence-corrected chi connectivity index (χ3v) is 2.85. The first-order valence-corrected chi connectivity index (χ1v) is 5.59. The monoisotopic (exact) mass is 210 g/mol. The van der Waals surface area contributed by atoms with Crippen LogP contribution in [0, 0.1) is 0 Å². The lowest BCUT2D eigenvalue weighted by molar-refractivity contribution is 0.186. The third kappa shape index (κ3) is 3.00. The van der Waals surface area contributed by atoms with E-state index in [0.717, 1.165) is 32.0 Å². The Labute approximate surface area is 89.8 Å². The van der Waals surface area contributed by atoms with Crippen molar-refractivity contribution >= 4 is 0 Å². The van der Waals surface area contributed by atoms with Gasteiger partial charge < -0.3 is 9.84 Å². The molecule has 0 unspecified atom stereocenters. The summed E-state index contributed by atoms with van der Waals surface area (Å²) in [7, 11) is 0. The summed E-state index contributed by atoms with van der Waals surface area (Å²) in [5.74, 6) is 0.789. The second-order valence-electron chi connectivity index (χ2n) is 3.96. The smallest absolute Gasteiger partial charge is 0.213 e. The standard InChI is InChI=1S/C10H18N4O/c1-2-11-9-3-5-14(6-4-9)7-10-12-8-15-13-10/h8-9,11H,2-7H2,1H3. The van der Waals surface area contributed by atoms with Crippen LogP contribution in [-0.4, -0.2) is 40.7 Å². The Balaban J connectivity index is 1.74. The van der Waals surface area contributed by atoms with Crippen LogP contribution in [0.5, 0.6) is 0 Å². The van der Waals surface area contributed by atoms with Crippen molar-refractivity contribution in [2.24, 2.45) is 0 Å². The maximum absolute atomic E-state index is 4.72. The van der Waals surface area contributed by atoms with Gasteiger partial charge in [0, 0.05) is 19.1 Å². The largest absolute Gasteiger partial charge is 0.343 e. The minimum Gasteiger partial charge on any atom is -0.343 e. The molecule has 0 aliphatic carbocycles. The quantitative estimate of drug-likeness (QED) is 0.790. The molecule has 1 N–H and O–H groups in total. The van der Waals surface area contributed by atoms with Gasteiger partial charge in [-0.15, -0.1) is 0 Å². The SMILES string of the molecule is CCNC1CCN(Cc2ncon2)CC1. The second-order valence-corrected chi connectivity index (χ2v) is 3.96. The summed E-state index contributed by atoms with van der Waals surface area (Å²) in [5.41, 5.74) is 0. The Hall–Kier alpha value is -0.940. The molecule has 1 aromatic heterocycles. The van der Waals surface area contributed by atoms with Gasteiger partial charge in [-0.05, 0) is 19.4 Å². The summed E-state index contributed by atoms with van der Waals surface area (Å²) in [6.45, 7) is 6.27. The number of aromatic nitrogens is 2. The van der Waals surface area contributed by atoms with E-state index in [0.29, 0.717) is 6.04 Å². The molecule has 5 nitrogen and oxygen atoms in total. The van der Waals surface area contributed by atoms with Gasteiger partial charge in [0.1, 0.15) is 0 Å². The molecule has 2 rings (SSSR count). The topological polar surface area (TPSA) is 54.2 Å². The third-order valence-electron chi connectivity index (χ3n) is 2.85. The van der Waals surface area contributed by atoms with Crippen LogP contribution in [0.15, 0.2) is 10.9 Å². The predicted octanol–water partition coefficient (Wildman–Crippen LogP) is 0.643. The number of rotatable bonds is 4. The number of piperidine rings is 1. The van der Waals surface area contributed by atoms with Crippen molar-refractivity contribution in [1.82, 2.24) is 20.4 Å². The number of nitrogens with one attached hydrogen (secondary N) is 1. The van der Waals surface area contributed by atoms with Gasteiger partial charge in [0.05, 0.1) is 6.54 Å². The molecular formula is C10H18N4O. The van der Waals surface area contributed by atoms with E-state index in [1.807, 2.05) is 0 Å². The lowest BCUT2D eigenvalue weighted by atomic mass is 10.1. The summed E-state index contributed by atoms with van der Waals surface area (Å²) in [6, 6.07) is 0.691. The lowest BCUT2D eigenvalue weighted by Gasteiger charge is -2.31. The number of hydrogen-bond acceptors (Lipinski definition) is 5. The minimum absolute atomic E-state index is 0.691. The van der Waals surface area contributed by atoms with E-state index in [4.69, 9.17) is 4.52 Å². The minimum atomic E-state index is 0.691. The highest BCUT2D eigenvalue weighted by Crippen LogP contribution is 2.11. The summed E-state index contributed by atoms with van der Waals surface area (Å²) in [5, 5.41) is 7.31. The molecular weight excluding hydrogens is 192 g/mol. The van der Waals surface area contributed by atoms with Crippen molar-refractivity contribution in [1.29, 1.82) is 0 Å². The Morgan fingerprint density at radius 3 is 2.93 bits per heavy atom. The normalized spacial score (nSPS) is 19.5. The van der Waals surface area contributed by atoms with Gasteiger partial charge in [-0.25, -0.2) is 0 Å². The van der Waals surface area contributed by atoms with Gasteiger partial charge in [-0.3, -0.25) is 4.90 Å². The fourth-order valence-corrected chi connectivity index (χ4v) is 2.05. The molecule has 1 fully saturated rings. The second kappa shape index (κ2) is 5.23. The zero-order chi connectivity index (χ0) is 10.5. The summed E-state index contributed by atoms with van der Waals surface area (Å²) in [6.07, 6.45) is 3.82. The molecule has 15 heavy (non-hydrogen) atoms. The lowest BCUT2D eigenvalue weighted by Crippen LogP contribution is -2.42. The van der Waals surface area contributed by atoms with E-state index < -0.39 is 0 Å². The number of likely N-dealkylation sites (tertiary alicyclic amines) is 1. The first-order valence-electron chi connectivity index (χ1n) is 5.59. The van der Waals surface area contributed by atoms with Crippen LogP contribution in [0.1, 0.15) is 25.6 Å². The van der Waals surface area contributed by atoms with E-state index in [1.165, 1.54) is 19.2 Å². The van der Waals surface area contributed by atoms with Crippen LogP contribution < -0.4 is 5.32 Å². The van der Waals surface area contributed by atoms with Crippen molar-refractivity contribution in [3.63, 3.8) is 0 Å². The average Bonchev–Trinajstić information content (AvgIpc) is 2.74. The zero-order valence-electron chi connectivity index (χ0n) is 9.15. The van der Waals surface area contributed by atoms with Gasteiger partial charge in [0.15, 0.2) is 5.82 Å². The van der Waals surface area contributed by atoms with Crippen LogP contribution in [0.4, 0.5) is 0 Å². The highest BCUT2D eigenvalue weighted by molar-refractivity contribution is 4.82. The molecule has 2 heterocycles. The Morgan fingerprint density at radius 2 is 2.33 bits per heavy atom. The highest BCUT2D eigenvalue weighted by atomic mass is 16.5. The number of hydrogen-bond donors (Lipinski definition) is 1. The summed E-state index contributed by atoms with van der Waals surface area (Å²) in [4.78, 5) is 6.40. The van der Waals surface area contributed by atoms with Crippen molar-refractivity contribution in [2.75, 3.05) is 19.6 Å². The fraction of sp³-hybridized carbons (Fsp3) is 0.800. The van der Waals surface area contributed by atoms with Crippen molar-refractivity contribution in [3.8, 4) is 0 Å². The molecule has 1 aliphatic heterocycles. The first kappa shape index (κ1) is 10.6. The maximum atomic E-state index is 4.72. The van der Waals surface area contributed by atoms with E-state index in [2.05, 4.69) is 27.3 Å². The molecule has 5 heteroatoms. The summed E-state index contributed by atoms with van der Waals surface area (Å²) < 4.78 is 4.72. The molecule has 0 atom stereocenters. The van der Waals surface area contributed by atoms with Crippen LogP contribution in [0.3, 0.4) is 0 Å². The molecule has 0 aromatic carbocycles. The molecule has 0 amide bonds. The maximum Gasteiger partial charge on any atom is 0.213 e. The molecule has 1 aromatic rings. The van der Waals surface area contributed by atoms with Gasteiger partial charge in [-0.1, -0.05) is 12.1 Å². The van der Waals surface area contributed by atoms with Crippen LogP contribution in [0.25, 0.3) is 0 Å². The average molecular weight is 210 g/mol. The number of nitrogens with zero attached hydrogens (tertiary/aromatic N) is 3. The Kier molecular flexibility index (Phi) is 3.69. The highest BCUT2D eigenvalue weighted by Gasteiger charge is 2.19. The van der Waals surface area contributed by atoms with Crippen molar-refractivity contribution in [2.45, 2.75) is 32.4 Å². The van der Waals surface area contributed by atoms with Crippen LogP contribution in [0.2, 0.25) is 0 Å². The Bertz CT molecular complexity index is 267. The molecule has 84 valence electrons. The van der Waals surface area contributed by atoms with Crippen molar-refractivity contribution < 1.29 is 4.52 Å². The van der Waals surface area contributed by atoms with Gasteiger partial charge in [0.2, 0.25) is 6.39 Å². The molecule has 1 aliphatic rings. The Morgan fingerprint density at radius 1 is 1.53 bits per heavy atom. The zero-order valence-corrected chi connectivity index (χ0v) is 9.15. The van der Waals surface area contributed by atoms with E-state index in [-0.39, 0.29) is 0 Å². The molecule has 1 saturated heterocycles. The fourth-order valence-electron chi connectivity index (χ4n) is 2.05. The predicted molar refractivity (Wildman–Crippen MR) is 56.3 cm³/mol. The van der Waals surface area contributed by atoms with Crippen LogP contribution >= 0.6 is 0 Å². The van der Waals surface area contributed by atoms with E-state index >= 15 is 0 Å². The van der Waals surface area contributed by atoms with Gasteiger partial charge in [-0.2, -0.15) is 4.98 Å². The molecule has 0 radical (unpaired) electrons. The van der Waals surface area contributed by atoms with Gasteiger partial charge >= 0.3 is 0 Å². The first-order chi connectivity index (χ1) is 7.38. The summed E-state index contributed by atoms with van der Waals surface area (Å²) >= 11 is 0. The molecule has 0 saturated carbocycles. The van der Waals surface area contributed by atoms with Crippen molar-refractivity contribution in [3.05, 3.63) is 12.2 Å². The molecule has 0 spiro atoms. The van der Waals surface area contributed by atoms with E-state index in [1.54, 1.807) is 0 Å². The van der Waals surface area contributed by atoms with Gasteiger partial charge in [0.25, 0.3) is 0 Å². The molecule has 0 bridgehead atoms.